The third-order valence-corrected chi connectivity index (χ3v) is 2.09. The molecule has 1 amide bonds. The van der Waals surface area contributed by atoms with Crippen molar-refractivity contribution in [2.75, 3.05) is 6.54 Å². The lowest BCUT2D eigenvalue weighted by Crippen LogP contribution is -2.32. The number of rotatable bonds is 3. The van der Waals surface area contributed by atoms with Crippen molar-refractivity contribution in [3.63, 3.8) is 0 Å². The van der Waals surface area contributed by atoms with Crippen molar-refractivity contribution >= 4 is 21.8 Å². The monoisotopic (exact) mass is 262 g/mol. The minimum Gasteiger partial charge on any atom is -0.392 e. The third kappa shape index (κ3) is 2.52. The fourth-order valence-electron chi connectivity index (χ4n) is 0.897. The van der Waals surface area contributed by atoms with Crippen LogP contribution in [0, 0.1) is 0 Å². The Morgan fingerprint density at radius 1 is 1.79 bits per heavy atom. The molecular weight excluding hydrogens is 252 g/mol. The van der Waals surface area contributed by atoms with Gasteiger partial charge >= 0.3 is 0 Å². The molecule has 78 valence electrons. The third-order valence-electron chi connectivity index (χ3n) is 1.56. The summed E-state index contributed by atoms with van der Waals surface area (Å²) in [6.07, 6.45) is -0.570. The van der Waals surface area contributed by atoms with Gasteiger partial charge in [0.25, 0.3) is 5.91 Å². The predicted molar refractivity (Wildman–Crippen MR) is 52.7 cm³/mol. The van der Waals surface area contributed by atoms with Crippen molar-refractivity contribution in [3.05, 3.63) is 10.3 Å². The highest BCUT2D eigenvalue weighted by molar-refractivity contribution is 9.10. The van der Waals surface area contributed by atoms with Crippen LogP contribution in [0.1, 0.15) is 17.4 Å². The Bertz CT molecular complexity index is 317. The minimum absolute atomic E-state index is 0.205. The number of nitrogens with one attached hydrogen (secondary N) is 1. The summed E-state index contributed by atoms with van der Waals surface area (Å²) < 4.78 is 1.75. The molecule has 1 aromatic rings. The quantitative estimate of drug-likeness (QED) is 0.783. The number of hydrogen-bond acceptors (Lipinski definition) is 4. The van der Waals surface area contributed by atoms with Crippen LogP contribution in [0.15, 0.2) is 4.60 Å². The number of amides is 1. The Kier molecular flexibility index (Phi) is 3.59. The standard InChI is InChI=1S/C7H11BrN4O2/c1-4(13)3-9-7(14)5-6(8)10-11-12(5)2/h4,13H,3H2,1-2H3,(H,9,14). The molecule has 0 spiro atoms. The van der Waals surface area contributed by atoms with Crippen molar-refractivity contribution in [1.82, 2.24) is 20.3 Å². The maximum atomic E-state index is 11.5. The van der Waals surface area contributed by atoms with E-state index < -0.39 is 6.10 Å². The van der Waals surface area contributed by atoms with Crippen LogP contribution in [-0.4, -0.2) is 38.7 Å². The van der Waals surface area contributed by atoms with E-state index in [0.717, 1.165) is 0 Å². The first-order valence-electron chi connectivity index (χ1n) is 4.03. The molecule has 0 aliphatic heterocycles. The SMILES string of the molecule is CC(O)CNC(=O)c1c(Br)nnn1C. The predicted octanol–water partition coefficient (Wildman–Crippen LogP) is -0.312. The Hall–Kier alpha value is -0.950. The fourth-order valence-corrected chi connectivity index (χ4v) is 1.40. The number of aliphatic hydroxyl groups is 1. The molecule has 1 heterocycles. The summed E-state index contributed by atoms with van der Waals surface area (Å²) in [6, 6.07) is 0. The molecule has 6 nitrogen and oxygen atoms in total. The number of aromatic nitrogens is 3. The van der Waals surface area contributed by atoms with E-state index in [9.17, 15) is 4.79 Å². The number of aryl methyl sites for hydroxylation is 1. The van der Waals surface area contributed by atoms with E-state index in [0.29, 0.717) is 10.3 Å². The lowest BCUT2D eigenvalue weighted by molar-refractivity contribution is 0.0914. The molecule has 1 rings (SSSR count). The fraction of sp³-hybridized carbons (Fsp3) is 0.571. The smallest absolute Gasteiger partial charge is 0.272 e. The molecule has 0 fully saturated rings. The highest BCUT2D eigenvalue weighted by Gasteiger charge is 2.16. The van der Waals surface area contributed by atoms with Crippen LogP contribution in [0.4, 0.5) is 0 Å². The van der Waals surface area contributed by atoms with E-state index in [1.807, 2.05) is 0 Å². The topological polar surface area (TPSA) is 80.0 Å². The lowest BCUT2D eigenvalue weighted by atomic mass is 10.3. The number of nitrogens with zero attached hydrogens (tertiary/aromatic N) is 3. The molecule has 1 unspecified atom stereocenters. The number of halogens is 1. The van der Waals surface area contributed by atoms with Gasteiger partial charge in [-0.3, -0.25) is 4.79 Å². The second-order valence-corrected chi connectivity index (χ2v) is 3.66. The summed E-state index contributed by atoms with van der Waals surface area (Å²) in [5.74, 6) is -0.315. The van der Waals surface area contributed by atoms with Crippen LogP contribution in [0.2, 0.25) is 0 Å². The maximum absolute atomic E-state index is 11.5. The van der Waals surface area contributed by atoms with E-state index in [4.69, 9.17) is 5.11 Å². The first kappa shape index (κ1) is 11.1. The molecule has 0 saturated heterocycles. The van der Waals surface area contributed by atoms with Crippen LogP contribution in [-0.2, 0) is 7.05 Å². The van der Waals surface area contributed by atoms with E-state index in [2.05, 4.69) is 31.6 Å². The van der Waals surface area contributed by atoms with Gasteiger partial charge in [-0.2, -0.15) is 0 Å². The van der Waals surface area contributed by atoms with Gasteiger partial charge in [-0.25, -0.2) is 4.68 Å². The van der Waals surface area contributed by atoms with Gasteiger partial charge < -0.3 is 10.4 Å². The van der Waals surface area contributed by atoms with Gasteiger partial charge in [0, 0.05) is 13.6 Å². The average Bonchev–Trinajstić information content (AvgIpc) is 2.42. The molecule has 1 aromatic heterocycles. The summed E-state index contributed by atoms with van der Waals surface area (Å²) in [5, 5.41) is 18.9. The van der Waals surface area contributed by atoms with Gasteiger partial charge in [0.15, 0.2) is 10.3 Å². The minimum atomic E-state index is -0.570. The van der Waals surface area contributed by atoms with Crippen molar-refractivity contribution in [2.24, 2.45) is 7.05 Å². The number of carbonyl (C=O) groups is 1. The molecule has 0 radical (unpaired) electrons. The Morgan fingerprint density at radius 3 is 2.86 bits per heavy atom. The normalized spacial score (nSPS) is 12.6. The summed E-state index contributed by atoms with van der Waals surface area (Å²) in [5.41, 5.74) is 0.339. The van der Waals surface area contributed by atoms with Gasteiger partial charge in [-0.05, 0) is 22.9 Å². The molecule has 1 atom stereocenters. The Morgan fingerprint density at radius 2 is 2.43 bits per heavy atom. The van der Waals surface area contributed by atoms with E-state index in [-0.39, 0.29) is 12.5 Å². The first-order chi connectivity index (χ1) is 6.52. The molecule has 0 aliphatic carbocycles. The van der Waals surface area contributed by atoms with Gasteiger partial charge in [-0.15, -0.1) is 5.10 Å². The zero-order valence-corrected chi connectivity index (χ0v) is 9.45. The van der Waals surface area contributed by atoms with E-state index in [1.54, 1.807) is 14.0 Å². The van der Waals surface area contributed by atoms with Gasteiger partial charge in [0.2, 0.25) is 0 Å². The molecular formula is C7H11BrN4O2. The van der Waals surface area contributed by atoms with Crippen LogP contribution < -0.4 is 5.32 Å². The van der Waals surface area contributed by atoms with Crippen LogP contribution in [0.25, 0.3) is 0 Å². The van der Waals surface area contributed by atoms with Crippen molar-refractivity contribution in [1.29, 1.82) is 0 Å². The van der Waals surface area contributed by atoms with Gasteiger partial charge in [0.1, 0.15) is 0 Å². The van der Waals surface area contributed by atoms with Crippen LogP contribution in [0.5, 0.6) is 0 Å². The highest BCUT2D eigenvalue weighted by Crippen LogP contribution is 2.10. The van der Waals surface area contributed by atoms with Crippen molar-refractivity contribution in [3.8, 4) is 0 Å². The second-order valence-electron chi connectivity index (χ2n) is 2.91. The van der Waals surface area contributed by atoms with Gasteiger partial charge in [0.05, 0.1) is 6.10 Å². The summed E-state index contributed by atoms with van der Waals surface area (Å²) in [4.78, 5) is 11.5. The molecule has 0 bridgehead atoms. The van der Waals surface area contributed by atoms with E-state index >= 15 is 0 Å². The van der Waals surface area contributed by atoms with Crippen LogP contribution in [0.3, 0.4) is 0 Å². The number of aliphatic hydroxyl groups excluding tert-OH is 1. The summed E-state index contributed by atoms with van der Waals surface area (Å²) >= 11 is 3.11. The Balaban J connectivity index is 2.70. The van der Waals surface area contributed by atoms with Crippen molar-refractivity contribution in [2.45, 2.75) is 13.0 Å². The second kappa shape index (κ2) is 4.52. The highest BCUT2D eigenvalue weighted by atomic mass is 79.9. The maximum Gasteiger partial charge on any atom is 0.272 e. The summed E-state index contributed by atoms with van der Waals surface area (Å²) in [7, 11) is 1.62. The molecule has 7 heteroatoms. The number of carbonyl (C=O) groups excluding carboxylic acids is 1. The van der Waals surface area contributed by atoms with Crippen molar-refractivity contribution < 1.29 is 9.90 Å². The zero-order chi connectivity index (χ0) is 10.7. The molecule has 14 heavy (non-hydrogen) atoms. The average molecular weight is 263 g/mol. The van der Waals surface area contributed by atoms with E-state index in [1.165, 1.54) is 4.68 Å². The van der Waals surface area contributed by atoms with Gasteiger partial charge in [-0.1, -0.05) is 5.21 Å². The molecule has 0 saturated carbocycles. The lowest BCUT2D eigenvalue weighted by Gasteiger charge is -2.06. The molecule has 0 aliphatic rings. The first-order valence-corrected chi connectivity index (χ1v) is 4.83. The zero-order valence-electron chi connectivity index (χ0n) is 7.86. The molecule has 2 N–H and O–H groups in total. The summed E-state index contributed by atoms with van der Waals surface area (Å²) in [6.45, 7) is 1.80. The number of hydrogen-bond donors (Lipinski definition) is 2. The Labute approximate surface area is 89.4 Å². The van der Waals surface area contributed by atoms with Crippen LogP contribution >= 0.6 is 15.9 Å². The molecule has 0 aromatic carbocycles. The largest absolute Gasteiger partial charge is 0.392 e.